The van der Waals surface area contributed by atoms with Gasteiger partial charge in [0, 0.05) is 13.1 Å². The molecule has 1 aliphatic heterocycles. The number of hydrogen-bond acceptors (Lipinski definition) is 2. The van der Waals surface area contributed by atoms with Crippen LogP contribution in [0.1, 0.15) is 29.7 Å². The van der Waals surface area contributed by atoms with Crippen LogP contribution in [0.5, 0.6) is 0 Å². The zero-order valence-corrected chi connectivity index (χ0v) is 10.7. The fraction of sp³-hybridized carbons (Fsp3) is 0.500. The number of amides is 1. The highest BCUT2D eigenvalue weighted by atomic mass is 16.2. The molecule has 1 atom stereocenters. The minimum Gasteiger partial charge on any atom is -0.349 e. The maximum atomic E-state index is 11.8. The largest absolute Gasteiger partial charge is 0.349 e. The minimum atomic E-state index is 0.0849. The van der Waals surface area contributed by atoms with Crippen LogP contribution in [0.2, 0.25) is 0 Å². The van der Waals surface area contributed by atoms with Crippen molar-refractivity contribution in [3.8, 4) is 0 Å². The molecule has 0 aromatic heterocycles. The molecule has 1 saturated heterocycles. The van der Waals surface area contributed by atoms with E-state index < -0.39 is 0 Å². The highest BCUT2D eigenvalue weighted by Crippen LogP contribution is 2.17. The Labute approximate surface area is 103 Å². The summed E-state index contributed by atoms with van der Waals surface area (Å²) in [5.74, 6) is 0.318. The second-order valence-electron chi connectivity index (χ2n) is 5.01. The summed E-state index contributed by atoms with van der Waals surface area (Å²) in [4.78, 5) is 11.8. The fourth-order valence-corrected chi connectivity index (χ4v) is 2.15. The second-order valence-corrected chi connectivity index (χ2v) is 5.01. The summed E-state index contributed by atoms with van der Waals surface area (Å²) in [7, 11) is 0. The lowest BCUT2D eigenvalue weighted by molar-refractivity contribution is -0.127. The fourth-order valence-electron chi connectivity index (χ4n) is 2.15. The van der Waals surface area contributed by atoms with Gasteiger partial charge in [0.1, 0.15) is 0 Å². The first kappa shape index (κ1) is 12.1. The molecule has 1 amide bonds. The molecule has 3 nitrogen and oxygen atoms in total. The van der Waals surface area contributed by atoms with Gasteiger partial charge in [0.05, 0.1) is 12.0 Å². The zero-order valence-electron chi connectivity index (χ0n) is 10.7. The summed E-state index contributed by atoms with van der Waals surface area (Å²) in [6.45, 7) is 7.83. The third kappa shape index (κ3) is 2.86. The number of carbonyl (C=O) groups excluding carboxylic acids is 1. The molecule has 1 fully saturated rings. The first-order valence-electron chi connectivity index (χ1n) is 6.15. The van der Waals surface area contributed by atoms with Crippen LogP contribution < -0.4 is 10.6 Å². The van der Waals surface area contributed by atoms with E-state index in [-0.39, 0.29) is 17.9 Å². The van der Waals surface area contributed by atoms with Gasteiger partial charge in [0.2, 0.25) is 5.91 Å². The van der Waals surface area contributed by atoms with Crippen LogP contribution in [0.25, 0.3) is 0 Å². The standard InChI is InChI=1S/C14H20N2O/c1-9-4-10(2)6-12(5-9)11(3)16-14(17)13-7-15-8-13/h4-6,11,13,15H,7-8H2,1-3H3,(H,16,17). The van der Waals surface area contributed by atoms with Gasteiger partial charge in [-0.3, -0.25) is 4.79 Å². The predicted molar refractivity (Wildman–Crippen MR) is 68.8 cm³/mol. The van der Waals surface area contributed by atoms with Gasteiger partial charge in [-0.15, -0.1) is 0 Å². The van der Waals surface area contributed by atoms with Crippen molar-refractivity contribution in [3.05, 3.63) is 34.9 Å². The lowest BCUT2D eigenvalue weighted by Crippen LogP contribution is -2.51. The maximum absolute atomic E-state index is 11.8. The molecule has 92 valence electrons. The molecule has 0 radical (unpaired) electrons. The third-order valence-corrected chi connectivity index (χ3v) is 3.26. The average molecular weight is 232 g/mol. The van der Waals surface area contributed by atoms with E-state index in [4.69, 9.17) is 0 Å². The summed E-state index contributed by atoms with van der Waals surface area (Å²) in [6, 6.07) is 6.50. The number of rotatable bonds is 3. The topological polar surface area (TPSA) is 41.1 Å². The summed E-state index contributed by atoms with van der Waals surface area (Å²) in [6.07, 6.45) is 0. The van der Waals surface area contributed by atoms with Gasteiger partial charge in [-0.1, -0.05) is 29.3 Å². The van der Waals surface area contributed by atoms with Crippen molar-refractivity contribution in [2.75, 3.05) is 13.1 Å². The van der Waals surface area contributed by atoms with Crippen molar-refractivity contribution < 1.29 is 4.79 Å². The van der Waals surface area contributed by atoms with Crippen molar-refractivity contribution >= 4 is 5.91 Å². The Morgan fingerprint density at radius 3 is 2.35 bits per heavy atom. The molecule has 1 aromatic rings. The van der Waals surface area contributed by atoms with Crippen LogP contribution in [0.3, 0.4) is 0 Å². The highest BCUT2D eigenvalue weighted by molar-refractivity contribution is 5.80. The van der Waals surface area contributed by atoms with Gasteiger partial charge < -0.3 is 10.6 Å². The Morgan fingerprint density at radius 1 is 1.29 bits per heavy atom. The molecule has 2 N–H and O–H groups in total. The summed E-state index contributed by atoms with van der Waals surface area (Å²) >= 11 is 0. The quantitative estimate of drug-likeness (QED) is 0.833. The molecular formula is C14H20N2O. The van der Waals surface area contributed by atoms with Gasteiger partial charge in [-0.2, -0.15) is 0 Å². The summed E-state index contributed by atoms with van der Waals surface area (Å²) in [5.41, 5.74) is 3.67. The van der Waals surface area contributed by atoms with E-state index in [1.807, 2.05) is 6.92 Å². The molecule has 1 heterocycles. The summed E-state index contributed by atoms with van der Waals surface area (Å²) < 4.78 is 0. The number of benzene rings is 1. The maximum Gasteiger partial charge on any atom is 0.226 e. The predicted octanol–water partition coefficient (Wildman–Crippen LogP) is 1.70. The van der Waals surface area contributed by atoms with Gasteiger partial charge >= 0.3 is 0 Å². The lowest BCUT2D eigenvalue weighted by Gasteiger charge is -2.27. The molecule has 3 heteroatoms. The molecule has 0 bridgehead atoms. The Morgan fingerprint density at radius 2 is 1.88 bits per heavy atom. The number of nitrogens with one attached hydrogen (secondary N) is 2. The van der Waals surface area contributed by atoms with Crippen molar-refractivity contribution in [1.29, 1.82) is 0 Å². The van der Waals surface area contributed by atoms with Crippen LogP contribution >= 0.6 is 0 Å². The van der Waals surface area contributed by atoms with Crippen molar-refractivity contribution in [1.82, 2.24) is 10.6 Å². The Hall–Kier alpha value is -1.35. The van der Waals surface area contributed by atoms with E-state index in [2.05, 4.69) is 42.7 Å². The highest BCUT2D eigenvalue weighted by Gasteiger charge is 2.25. The minimum absolute atomic E-state index is 0.0849. The molecule has 1 aromatic carbocycles. The van der Waals surface area contributed by atoms with Crippen LogP contribution in [0, 0.1) is 19.8 Å². The second kappa shape index (κ2) is 4.88. The number of hydrogen-bond donors (Lipinski definition) is 2. The van der Waals surface area contributed by atoms with Crippen LogP contribution in [-0.2, 0) is 4.79 Å². The van der Waals surface area contributed by atoms with Gasteiger partial charge in [-0.05, 0) is 26.3 Å². The SMILES string of the molecule is Cc1cc(C)cc(C(C)NC(=O)C2CNC2)c1. The van der Waals surface area contributed by atoms with E-state index in [1.165, 1.54) is 16.7 Å². The summed E-state index contributed by atoms with van der Waals surface area (Å²) in [5, 5.41) is 6.19. The molecular weight excluding hydrogens is 212 g/mol. The Balaban J connectivity index is 2.03. The Bertz CT molecular complexity index is 404. The van der Waals surface area contributed by atoms with Crippen LogP contribution in [-0.4, -0.2) is 19.0 Å². The third-order valence-electron chi connectivity index (χ3n) is 3.26. The van der Waals surface area contributed by atoms with Gasteiger partial charge in [-0.25, -0.2) is 0 Å². The molecule has 0 spiro atoms. The van der Waals surface area contributed by atoms with Gasteiger partial charge in [0.25, 0.3) is 0 Å². The molecule has 0 aliphatic carbocycles. The molecule has 1 aliphatic rings. The average Bonchev–Trinajstić information content (AvgIpc) is 2.12. The van der Waals surface area contributed by atoms with E-state index in [0.717, 1.165) is 13.1 Å². The first-order valence-corrected chi connectivity index (χ1v) is 6.15. The monoisotopic (exact) mass is 232 g/mol. The molecule has 17 heavy (non-hydrogen) atoms. The van der Waals surface area contributed by atoms with E-state index in [9.17, 15) is 4.79 Å². The van der Waals surface area contributed by atoms with Crippen molar-refractivity contribution in [3.63, 3.8) is 0 Å². The van der Waals surface area contributed by atoms with Gasteiger partial charge in [0.15, 0.2) is 0 Å². The first-order chi connectivity index (χ1) is 8.06. The van der Waals surface area contributed by atoms with Crippen LogP contribution in [0.4, 0.5) is 0 Å². The van der Waals surface area contributed by atoms with E-state index in [0.29, 0.717) is 0 Å². The molecule has 0 saturated carbocycles. The van der Waals surface area contributed by atoms with E-state index in [1.54, 1.807) is 0 Å². The van der Waals surface area contributed by atoms with Crippen molar-refractivity contribution in [2.45, 2.75) is 26.8 Å². The normalized spacial score (nSPS) is 17.4. The lowest BCUT2D eigenvalue weighted by atomic mass is 9.99. The van der Waals surface area contributed by atoms with Crippen molar-refractivity contribution in [2.24, 2.45) is 5.92 Å². The zero-order chi connectivity index (χ0) is 12.4. The van der Waals surface area contributed by atoms with Crippen LogP contribution in [0.15, 0.2) is 18.2 Å². The van der Waals surface area contributed by atoms with E-state index >= 15 is 0 Å². The molecule has 1 unspecified atom stereocenters. The number of carbonyl (C=O) groups is 1. The smallest absolute Gasteiger partial charge is 0.226 e. The molecule has 2 rings (SSSR count). The number of aryl methyl sites for hydroxylation is 2. The Kier molecular flexibility index (Phi) is 3.48.